The number of hydrogen-bond donors (Lipinski definition) is 4. The van der Waals surface area contributed by atoms with Gasteiger partial charge in [0.2, 0.25) is 0 Å². The van der Waals surface area contributed by atoms with Crippen LogP contribution in [0, 0.1) is 6.92 Å². The Kier molecular flexibility index (Phi) is 6.01. The largest absolute Gasteiger partial charge is 0.409 e. The fourth-order valence-corrected chi connectivity index (χ4v) is 3.42. The minimum absolute atomic E-state index is 0.0915. The van der Waals surface area contributed by atoms with Crippen LogP contribution in [0.5, 0.6) is 0 Å². The van der Waals surface area contributed by atoms with Gasteiger partial charge in [0, 0.05) is 11.1 Å². The fourth-order valence-electron chi connectivity index (χ4n) is 3.42. The minimum Gasteiger partial charge on any atom is -0.409 e. The molecule has 0 heterocycles. The number of nitrogens with two attached hydrogens (primary N) is 2. The lowest BCUT2D eigenvalue weighted by molar-refractivity contribution is 0.318. The van der Waals surface area contributed by atoms with Crippen molar-refractivity contribution < 1.29 is 10.4 Å². The molecule has 1 rings (SSSR count). The Morgan fingerprint density at radius 3 is 1.70 bits per heavy atom. The molecule has 6 heteroatoms. The second kappa shape index (κ2) is 7.35. The summed E-state index contributed by atoms with van der Waals surface area (Å²) < 4.78 is 0. The summed E-state index contributed by atoms with van der Waals surface area (Å²) >= 11 is 0. The molecule has 0 aliphatic carbocycles. The number of nitrogens with zero attached hydrogens (tertiary/aromatic N) is 2. The third-order valence-electron chi connectivity index (χ3n) is 4.18. The lowest BCUT2D eigenvalue weighted by Gasteiger charge is -2.27. The van der Waals surface area contributed by atoms with E-state index < -0.39 is 0 Å². The molecule has 1 aromatic rings. The first-order valence-corrected chi connectivity index (χ1v) is 7.87. The predicted octanol–water partition coefficient (Wildman–Crippen LogP) is 2.99. The average Bonchev–Trinajstić information content (AvgIpc) is 2.51. The molecular weight excluding hydrogens is 292 g/mol. The van der Waals surface area contributed by atoms with Gasteiger partial charge in [-0.1, -0.05) is 44.9 Å². The van der Waals surface area contributed by atoms with Gasteiger partial charge in [-0.25, -0.2) is 0 Å². The number of rotatable bonds is 5. The summed E-state index contributed by atoms with van der Waals surface area (Å²) in [5.41, 5.74) is 17.3. The molecule has 128 valence electrons. The van der Waals surface area contributed by atoms with E-state index in [1.54, 1.807) is 0 Å². The Balaban J connectivity index is 4.16. The van der Waals surface area contributed by atoms with Gasteiger partial charge in [-0.2, -0.15) is 0 Å². The Morgan fingerprint density at radius 2 is 1.35 bits per heavy atom. The van der Waals surface area contributed by atoms with Gasteiger partial charge >= 0.3 is 0 Å². The van der Waals surface area contributed by atoms with Crippen LogP contribution in [0.4, 0.5) is 0 Å². The molecule has 0 spiro atoms. The van der Waals surface area contributed by atoms with Gasteiger partial charge in [0.05, 0.1) is 0 Å². The molecule has 0 aliphatic rings. The van der Waals surface area contributed by atoms with Crippen molar-refractivity contribution >= 4 is 11.7 Å². The number of hydrogen-bond acceptors (Lipinski definition) is 4. The zero-order chi connectivity index (χ0) is 17.9. The standard InChI is InChI=1S/C17H28N4O2/c1-7-11-13(9(4)5)14(16(18)20-22)10(6)12(8(2)3)15(11)17(19)21-23/h8-9,22-23H,7H2,1-6H3,(H2,18,20)(H2,19,21). The van der Waals surface area contributed by atoms with Gasteiger partial charge in [-0.15, -0.1) is 0 Å². The molecule has 0 bridgehead atoms. The van der Waals surface area contributed by atoms with Crippen LogP contribution >= 0.6 is 0 Å². The lowest BCUT2D eigenvalue weighted by Crippen LogP contribution is -2.26. The van der Waals surface area contributed by atoms with E-state index in [-0.39, 0.29) is 23.5 Å². The van der Waals surface area contributed by atoms with Gasteiger partial charge in [0.25, 0.3) is 0 Å². The topological polar surface area (TPSA) is 117 Å². The third kappa shape index (κ3) is 3.25. The summed E-state index contributed by atoms with van der Waals surface area (Å²) in [7, 11) is 0. The second-order valence-electron chi connectivity index (χ2n) is 6.31. The van der Waals surface area contributed by atoms with Crippen molar-refractivity contribution in [3.05, 3.63) is 33.4 Å². The highest BCUT2D eigenvalue weighted by Gasteiger charge is 2.27. The maximum absolute atomic E-state index is 9.23. The Morgan fingerprint density at radius 1 is 0.913 bits per heavy atom. The molecule has 6 N–H and O–H groups in total. The molecule has 0 aromatic heterocycles. The van der Waals surface area contributed by atoms with Crippen molar-refractivity contribution in [2.45, 2.75) is 59.8 Å². The average molecular weight is 320 g/mol. The molecule has 0 unspecified atom stereocenters. The summed E-state index contributed by atoms with van der Waals surface area (Å²) in [6, 6.07) is 0. The van der Waals surface area contributed by atoms with E-state index in [4.69, 9.17) is 11.5 Å². The van der Waals surface area contributed by atoms with Gasteiger partial charge in [-0.3, -0.25) is 0 Å². The molecule has 0 atom stereocenters. The molecule has 23 heavy (non-hydrogen) atoms. The van der Waals surface area contributed by atoms with Crippen molar-refractivity contribution in [2.24, 2.45) is 21.8 Å². The van der Waals surface area contributed by atoms with Crippen molar-refractivity contribution in [2.75, 3.05) is 0 Å². The van der Waals surface area contributed by atoms with Crippen LogP contribution in [-0.2, 0) is 6.42 Å². The molecule has 0 radical (unpaired) electrons. The van der Waals surface area contributed by atoms with Crippen LogP contribution in [0.2, 0.25) is 0 Å². The highest BCUT2D eigenvalue weighted by atomic mass is 16.4. The summed E-state index contributed by atoms with van der Waals surface area (Å²) in [5, 5.41) is 24.9. The van der Waals surface area contributed by atoms with E-state index >= 15 is 0 Å². The van der Waals surface area contributed by atoms with E-state index in [9.17, 15) is 10.4 Å². The normalized spacial score (nSPS) is 13.2. The Labute approximate surface area is 137 Å². The van der Waals surface area contributed by atoms with Crippen molar-refractivity contribution in [1.82, 2.24) is 0 Å². The highest BCUT2D eigenvalue weighted by molar-refractivity contribution is 6.06. The molecule has 1 aromatic carbocycles. The van der Waals surface area contributed by atoms with Crippen LogP contribution in [0.25, 0.3) is 0 Å². The van der Waals surface area contributed by atoms with E-state index in [0.29, 0.717) is 6.42 Å². The minimum atomic E-state index is 0.0915. The summed E-state index contributed by atoms with van der Waals surface area (Å²) in [4.78, 5) is 0. The maximum Gasteiger partial charge on any atom is 0.170 e. The molecular formula is C17H28N4O2. The van der Waals surface area contributed by atoms with Crippen LogP contribution < -0.4 is 11.5 Å². The van der Waals surface area contributed by atoms with Gasteiger partial charge in [0.15, 0.2) is 11.7 Å². The number of amidine groups is 2. The molecule has 0 saturated heterocycles. The zero-order valence-electron chi connectivity index (χ0n) is 14.8. The van der Waals surface area contributed by atoms with E-state index in [1.165, 1.54) is 0 Å². The van der Waals surface area contributed by atoms with Gasteiger partial charge < -0.3 is 21.9 Å². The summed E-state index contributed by atoms with van der Waals surface area (Å²) in [6.07, 6.45) is 0.699. The Bertz CT molecular complexity index is 647. The SMILES string of the molecule is CCc1c(/C(N)=N/O)c(C(C)C)c(C)c(/C(N)=N/O)c1C(C)C. The zero-order valence-corrected chi connectivity index (χ0v) is 14.8. The quantitative estimate of drug-likeness (QED) is 0.289. The van der Waals surface area contributed by atoms with Crippen molar-refractivity contribution in [3.63, 3.8) is 0 Å². The number of benzene rings is 1. The molecule has 0 saturated carbocycles. The van der Waals surface area contributed by atoms with E-state index in [1.807, 2.05) is 41.5 Å². The fraction of sp³-hybridized carbons (Fsp3) is 0.529. The first kappa shape index (κ1) is 18.8. The van der Waals surface area contributed by atoms with Gasteiger partial charge in [-0.05, 0) is 47.4 Å². The molecule has 0 amide bonds. The Hall–Kier alpha value is -2.24. The van der Waals surface area contributed by atoms with Gasteiger partial charge in [0.1, 0.15) is 0 Å². The van der Waals surface area contributed by atoms with Crippen LogP contribution in [0.15, 0.2) is 10.3 Å². The van der Waals surface area contributed by atoms with E-state index in [0.717, 1.165) is 33.4 Å². The highest BCUT2D eigenvalue weighted by Crippen LogP contribution is 2.36. The second-order valence-corrected chi connectivity index (χ2v) is 6.31. The smallest absolute Gasteiger partial charge is 0.170 e. The lowest BCUT2D eigenvalue weighted by atomic mass is 9.78. The molecule has 6 nitrogen and oxygen atoms in total. The van der Waals surface area contributed by atoms with E-state index in [2.05, 4.69) is 10.3 Å². The maximum atomic E-state index is 9.23. The monoisotopic (exact) mass is 320 g/mol. The van der Waals surface area contributed by atoms with Crippen LogP contribution in [-0.4, -0.2) is 22.1 Å². The van der Waals surface area contributed by atoms with Crippen molar-refractivity contribution in [1.29, 1.82) is 0 Å². The van der Waals surface area contributed by atoms with Crippen LogP contribution in [0.1, 0.15) is 79.8 Å². The number of oxime groups is 2. The predicted molar refractivity (Wildman–Crippen MR) is 93.8 cm³/mol. The first-order chi connectivity index (χ1) is 10.7. The molecule has 0 aliphatic heterocycles. The van der Waals surface area contributed by atoms with Crippen molar-refractivity contribution in [3.8, 4) is 0 Å². The summed E-state index contributed by atoms with van der Waals surface area (Å²) in [5.74, 6) is 0.475. The first-order valence-electron chi connectivity index (χ1n) is 7.87. The summed E-state index contributed by atoms with van der Waals surface area (Å²) in [6.45, 7) is 12.1. The molecule has 0 fully saturated rings. The van der Waals surface area contributed by atoms with Crippen LogP contribution in [0.3, 0.4) is 0 Å². The third-order valence-corrected chi connectivity index (χ3v) is 4.18.